The maximum atomic E-state index is 13.2. The van der Waals surface area contributed by atoms with Crippen LogP contribution in [0.2, 0.25) is 10.0 Å². The molecule has 0 radical (unpaired) electrons. The molecule has 0 spiro atoms. The fourth-order valence-electron chi connectivity index (χ4n) is 3.29. The van der Waals surface area contributed by atoms with Crippen molar-refractivity contribution >= 4 is 75.0 Å². The third-order valence-corrected chi connectivity index (χ3v) is 5.73. The summed E-state index contributed by atoms with van der Waals surface area (Å²) in [5.74, 6) is -1.23. The Morgan fingerprint density at radius 1 is 1.13 bits per heavy atom. The van der Waals surface area contributed by atoms with Crippen molar-refractivity contribution in [3.63, 3.8) is 0 Å². The zero-order valence-corrected chi connectivity index (χ0v) is 17.6. The maximum absolute atomic E-state index is 13.2. The van der Waals surface area contributed by atoms with Crippen LogP contribution in [0.25, 0.3) is 17.0 Å². The van der Waals surface area contributed by atoms with Gasteiger partial charge in [-0.1, -0.05) is 47.5 Å². The number of aromatic nitrogens is 1. The van der Waals surface area contributed by atoms with Crippen LogP contribution in [0.5, 0.6) is 0 Å². The molecule has 2 amide bonds. The Morgan fingerprint density at radius 3 is 2.67 bits per heavy atom. The van der Waals surface area contributed by atoms with Crippen LogP contribution < -0.4 is 10.2 Å². The van der Waals surface area contributed by atoms with E-state index in [1.54, 1.807) is 29.0 Å². The van der Waals surface area contributed by atoms with Gasteiger partial charge in [-0.2, -0.15) is 5.26 Å². The van der Waals surface area contributed by atoms with Crippen molar-refractivity contribution < 1.29 is 9.59 Å². The van der Waals surface area contributed by atoms with Crippen LogP contribution in [0.4, 0.5) is 5.69 Å². The zero-order chi connectivity index (χ0) is 21.4. The topological polar surface area (TPSA) is 78.1 Å². The predicted molar refractivity (Wildman–Crippen MR) is 120 cm³/mol. The van der Waals surface area contributed by atoms with Crippen molar-refractivity contribution in [2.75, 3.05) is 4.90 Å². The number of nitriles is 1. The van der Waals surface area contributed by atoms with E-state index in [-0.39, 0.29) is 33.0 Å². The molecule has 2 heterocycles. The summed E-state index contributed by atoms with van der Waals surface area (Å²) in [7, 11) is 0. The largest absolute Gasteiger partial charge is 0.333 e. The third kappa shape index (κ3) is 3.35. The molecule has 9 heteroatoms. The lowest BCUT2D eigenvalue weighted by atomic mass is 10.1. The summed E-state index contributed by atoms with van der Waals surface area (Å²) >= 11 is 17.5. The second kappa shape index (κ2) is 7.92. The van der Waals surface area contributed by atoms with Gasteiger partial charge in [0.2, 0.25) is 0 Å². The van der Waals surface area contributed by atoms with Gasteiger partial charge in [0.1, 0.15) is 12.1 Å². The number of fused-ring (bicyclic) bond motifs is 1. The van der Waals surface area contributed by atoms with E-state index >= 15 is 0 Å². The normalized spacial score (nSPS) is 15.6. The van der Waals surface area contributed by atoms with Crippen LogP contribution >= 0.6 is 35.4 Å². The lowest BCUT2D eigenvalue weighted by Gasteiger charge is -2.29. The Morgan fingerprint density at radius 2 is 1.90 bits per heavy atom. The van der Waals surface area contributed by atoms with E-state index in [2.05, 4.69) is 11.4 Å². The molecule has 1 aliphatic heterocycles. The minimum absolute atomic E-state index is 0.0850. The molecule has 1 saturated heterocycles. The highest BCUT2D eigenvalue weighted by atomic mass is 35.5. The summed E-state index contributed by atoms with van der Waals surface area (Å²) < 4.78 is 1.75. The van der Waals surface area contributed by atoms with Gasteiger partial charge in [-0.25, -0.2) is 0 Å². The smallest absolute Gasteiger partial charge is 0.270 e. The molecule has 148 valence electrons. The standard InChI is InChI=1S/C21H12Cl2N4O2S/c22-15-5-3-7-17(18(15)23)27-20(29)14(19(28)25-21(27)30)10-12-11-26(9-8-24)16-6-2-1-4-13(12)16/h1-7,10-11H,9H2,(H,25,28,30). The molecule has 2 aromatic carbocycles. The number of amides is 2. The van der Waals surface area contributed by atoms with Crippen molar-refractivity contribution in [3.8, 4) is 6.07 Å². The number of benzene rings is 2. The van der Waals surface area contributed by atoms with Gasteiger partial charge in [-0.3, -0.25) is 19.8 Å². The minimum atomic E-state index is -0.620. The zero-order valence-electron chi connectivity index (χ0n) is 15.2. The molecule has 3 aromatic rings. The summed E-state index contributed by atoms with van der Waals surface area (Å²) in [5, 5.41) is 12.7. The first kappa shape index (κ1) is 20.1. The quantitative estimate of drug-likeness (QED) is 0.363. The maximum Gasteiger partial charge on any atom is 0.270 e. The molecule has 0 unspecified atom stereocenters. The second-order valence-electron chi connectivity index (χ2n) is 6.42. The molecule has 1 N–H and O–H groups in total. The minimum Gasteiger partial charge on any atom is -0.333 e. The van der Waals surface area contributed by atoms with Gasteiger partial charge in [-0.15, -0.1) is 0 Å². The number of para-hydroxylation sites is 1. The van der Waals surface area contributed by atoms with E-state index in [9.17, 15) is 9.59 Å². The van der Waals surface area contributed by atoms with E-state index in [0.717, 1.165) is 15.8 Å². The molecule has 1 aliphatic rings. The highest BCUT2D eigenvalue weighted by molar-refractivity contribution is 7.80. The van der Waals surface area contributed by atoms with Gasteiger partial charge in [0, 0.05) is 22.7 Å². The summed E-state index contributed by atoms with van der Waals surface area (Å²) in [6.45, 7) is 0.137. The number of halogens is 2. The van der Waals surface area contributed by atoms with Gasteiger partial charge in [0.05, 0.1) is 21.8 Å². The van der Waals surface area contributed by atoms with E-state index in [4.69, 9.17) is 40.7 Å². The highest BCUT2D eigenvalue weighted by Crippen LogP contribution is 2.34. The molecule has 1 aromatic heterocycles. The van der Waals surface area contributed by atoms with Crippen LogP contribution in [0.3, 0.4) is 0 Å². The molecular formula is C21H12Cl2N4O2S. The Bertz CT molecular complexity index is 1310. The number of hydrogen-bond donors (Lipinski definition) is 1. The number of rotatable bonds is 3. The number of thiocarbonyl (C=S) groups is 1. The van der Waals surface area contributed by atoms with Crippen LogP contribution in [-0.2, 0) is 16.1 Å². The van der Waals surface area contributed by atoms with Gasteiger partial charge in [-0.05, 0) is 36.5 Å². The number of hydrogen-bond acceptors (Lipinski definition) is 4. The Labute approximate surface area is 186 Å². The molecule has 0 atom stereocenters. The van der Waals surface area contributed by atoms with Crippen molar-refractivity contribution in [2.45, 2.75) is 6.54 Å². The Hall–Kier alpha value is -3.18. The first-order valence-electron chi connectivity index (χ1n) is 8.72. The summed E-state index contributed by atoms with van der Waals surface area (Å²) in [6.07, 6.45) is 3.21. The average Bonchev–Trinajstić information content (AvgIpc) is 3.06. The monoisotopic (exact) mass is 454 g/mol. The first-order chi connectivity index (χ1) is 14.4. The summed E-state index contributed by atoms with van der Waals surface area (Å²) in [4.78, 5) is 27.0. The van der Waals surface area contributed by atoms with Crippen LogP contribution in [-0.4, -0.2) is 21.5 Å². The van der Waals surface area contributed by atoms with E-state index in [1.165, 1.54) is 6.08 Å². The third-order valence-electron chi connectivity index (χ3n) is 4.63. The number of nitrogens with zero attached hydrogens (tertiary/aromatic N) is 3. The summed E-state index contributed by atoms with van der Waals surface area (Å²) in [5.41, 5.74) is 1.61. The lowest BCUT2D eigenvalue weighted by molar-refractivity contribution is -0.122. The lowest BCUT2D eigenvalue weighted by Crippen LogP contribution is -2.54. The predicted octanol–water partition coefficient (Wildman–Crippen LogP) is 4.30. The number of carbonyl (C=O) groups is 2. The molecule has 4 rings (SSSR count). The first-order valence-corrected chi connectivity index (χ1v) is 9.89. The molecular weight excluding hydrogens is 443 g/mol. The molecule has 0 saturated carbocycles. The van der Waals surface area contributed by atoms with Gasteiger partial charge >= 0.3 is 0 Å². The van der Waals surface area contributed by atoms with Gasteiger partial charge < -0.3 is 4.57 Å². The fraction of sp³-hybridized carbons (Fsp3) is 0.0476. The molecule has 6 nitrogen and oxygen atoms in total. The van der Waals surface area contributed by atoms with Crippen molar-refractivity contribution in [1.29, 1.82) is 5.26 Å². The van der Waals surface area contributed by atoms with Crippen LogP contribution in [0.1, 0.15) is 5.56 Å². The number of carbonyl (C=O) groups excluding carboxylic acids is 2. The molecule has 0 aliphatic carbocycles. The summed E-state index contributed by atoms with van der Waals surface area (Å²) in [6, 6.07) is 14.3. The molecule has 30 heavy (non-hydrogen) atoms. The van der Waals surface area contributed by atoms with Crippen molar-refractivity contribution in [1.82, 2.24) is 9.88 Å². The van der Waals surface area contributed by atoms with Crippen molar-refractivity contribution in [3.05, 3.63) is 69.8 Å². The SMILES string of the molecule is N#CCn1cc(C=C2C(=O)NC(=S)N(c3cccc(Cl)c3Cl)C2=O)c2ccccc21. The fourth-order valence-corrected chi connectivity index (χ4v) is 3.95. The number of nitrogens with one attached hydrogen (secondary N) is 1. The Balaban J connectivity index is 1.84. The molecule has 1 fully saturated rings. The molecule has 0 bridgehead atoms. The van der Waals surface area contributed by atoms with Crippen molar-refractivity contribution in [2.24, 2.45) is 0 Å². The van der Waals surface area contributed by atoms with E-state index < -0.39 is 11.8 Å². The van der Waals surface area contributed by atoms with Crippen LogP contribution in [0.15, 0.2) is 54.2 Å². The van der Waals surface area contributed by atoms with Gasteiger partial charge in [0.25, 0.3) is 11.8 Å². The van der Waals surface area contributed by atoms with Gasteiger partial charge in [0.15, 0.2) is 5.11 Å². The number of anilines is 1. The second-order valence-corrected chi connectivity index (χ2v) is 7.59. The van der Waals surface area contributed by atoms with Crippen LogP contribution in [0, 0.1) is 11.3 Å². The average molecular weight is 455 g/mol. The highest BCUT2D eigenvalue weighted by Gasteiger charge is 2.35. The Kier molecular flexibility index (Phi) is 5.31. The van der Waals surface area contributed by atoms with E-state index in [0.29, 0.717) is 5.56 Å². The van der Waals surface area contributed by atoms with E-state index in [1.807, 2.05) is 24.3 Å².